The smallest absolute Gasteiger partial charge is 0.150 e. The fraction of sp³-hybridized carbons (Fsp3) is 1.00. The van der Waals surface area contributed by atoms with Crippen LogP contribution in [0.15, 0.2) is 0 Å². The third-order valence-electron chi connectivity index (χ3n) is 5.25. The first-order valence-corrected chi connectivity index (χ1v) is 10.3. The van der Waals surface area contributed by atoms with Gasteiger partial charge in [-0.05, 0) is 52.0 Å². The van der Waals surface area contributed by atoms with Gasteiger partial charge in [-0.1, -0.05) is 20.3 Å². The molecule has 1 saturated carbocycles. The quantitative estimate of drug-likeness (QED) is 0.747. The van der Waals surface area contributed by atoms with Gasteiger partial charge >= 0.3 is 0 Å². The Kier molecular flexibility index (Phi) is 7.14. The normalized spacial score (nSPS) is 25.8. The first kappa shape index (κ1) is 18.9. The monoisotopic (exact) mass is 319 g/mol. The van der Waals surface area contributed by atoms with Crippen LogP contribution in [0.5, 0.6) is 0 Å². The van der Waals surface area contributed by atoms with Gasteiger partial charge in [-0.2, -0.15) is 0 Å². The van der Waals surface area contributed by atoms with Crippen molar-refractivity contribution < 1.29 is 13.2 Å². The van der Waals surface area contributed by atoms with Crippen molar-refractivity contribution >= 4 is 9.84 Å². The minimum absolute atomic E-state index is 0.180. The summed E-state index contributed by atoms with van der Waals surface area (Å²) in [6, 6.07) is 0.219. The van der Waals surface area contributed by atoms with Crippen LogP contribution in [0.3, 0.4) is 0 Å². The second-order valence-electron chi connectivity index (χ2n) is 6.35. The number of hydrogen-bond donors (Lipinski definition) is 1. The molecule has 0 heterocycles. The third kappa shape index (κ3) is 4.42. The van der Waals surface area contributed by atoms with Gasteiger partial charge in [0.05, 0.1) is 10.9 Å². The van der Waals surface area contributed by atoms with E-state index in [0.717, 1.165) is 38.5 Å². The van der Waals surface area contributed by atoms with Crippen molar-refractivity contribution in [2.24, 2.45) is 5.92 Å². The van der Waals surface area contributed by atoms with Gasteiger partial charge in [0.25, 0.3) is 0 Å². The second kappa shape index (κ2) is 7.93. The van der Waals surface area contributed by atoms with E-state index in [1.807, 2.05) is 14.0 Å². The van der Waals surface area contributed by atoms with Crippen LogP contribution >= 0.6 is 0 Å². The lowest BCUT2D eigenvalue weighted by molar-refractivity contribution is -0.0869. The molecule has 0 amide bonds. The molecule has 1 aliphatic rings. The van der Waals surface area contributed by atoms with Crippen LogP contribution < -0.4 is 5.32 Å². The summed E-state index contributed by atoms with van der Waals surface area (Å²) in [5, 5.41) is 3.27. The summed E-state index contributed by atoms with van der Waals surface area (Å²) in [4.78, 5) is 0. The molecule has 0 radical (unpaired) electrons. The minimum Gasteiger partial charge on any atom is -0.374 e. The highest BCUT2D eigenvalue weighted by atomic mass is 32.2. The van der Waals surface area contributed by atoms with E-state index in [4.69, 9.17) is 4.74 Å². The van der Waals surface area contributed by atoms with Crippen molar-refractivity contribution in [2.45, 2.75) is 76.2 Å². The maximum absolute atomic E-state index is 11.9. The molecule has 21 heavy (non-hydrogen) atoms. The number of rotatable bonds is 8. The van der Waals surface area contributed by atoms with Crippen LogP contribution in [0.1, 0.15) is 59.3 Å². The molecule has 3 atom stereocenters. The average Bonchev–Trinajstić information content (AvgIpc) is 2.46. The maximum Gasteiger partial charge on any atom is 0.150 e. The highest BCUT2D eigenvalue weighted by Crippen LogP contribution is 2.37. The van der Waals surface area contributed by atoms with E-state index >= 15 is 0 Å². The molecule has 0 spiro atoms. The Morgan fingerprint density at radius 1 is 1.24 bits per heavy atom. The number of likely N-dealkylation sites (N-methyl/N-ethyl adjacent to an activating group) is 1. The van der Waals surface area contributed by atoms with E-state index in [-0.39, 0.29) is 16.9 Å². The zero-order chi connectivity index (χ0) is 16.1. The fourth-order valence-corrected chi connectivity index (χ4v) is 5.26. The summed E-state index contributed by atoms with van der Waals surface area (Å²) in [5.74, 6) is 0.370. The van der Waals surface area contributed by atoms with Crippen molar-refractivity contribution in [1.29, 1.82) is 0 Å². The van der Waals surface area contributed by atoms with Gasteiger partial charge in [0.15, 0.2) is 0 Å². The Morgan fingerprint density at radius 2 is 1.86 bits per heavy atom. The van der Waals surface area contributed by atoms with E-state index in [2.05, 4.69) is 19.2 Å². The predicted octanol–water partition coefficient (Wildman–Crippen LogP) is 2.77. The predicted molar refractivity (Wildman–Crippen MR) is 88.4 cm³/mol. The number of sulfone groups is 1. The molecule has 5 heteroatoms. The van der Waals surface area contributed by atoms with Gasteiger partial charge in [-0.15, -0.1) is 0 Å². The lowest BCUT2D eigenvalue weighted by Crippen LogP contribution is -2.56. The largest absolute Gasteiger partial charge is 0.374 e. The SMILES string of the molecule is CCOC(CC)(CC)C(NC)C1CCCC(S(C)(=O)=O)C1. The lowest BCUT2D eigenvalue weighted by atomic mass is 9.74. The van der Waals surface area contributed by atoms with E-state index < -0.39 is 9.84 Å². The van der Waals surface area contributed by atoms with Crippen molar-refractivity contribution in [3.05, 3.63) is 0 Å². The molecule has 1 fully saturated rings. The summed E-state index contributed by atoms with van der Waals surface area (Å²) in [6.45, 7) is 7.07. The van der Waals surface area contributed by atoms with Gasteiger partial charge in [-0.25, -0.2) is 8.42 Å². The van der Waals surface area contributed by atoms with Gasteiger partial charge in [0.1, 0.15) is 9.84 Å². The molecule has 0 aromatic heterocycles. The molecule has 3 unspecified atom stereocenters. The Hall–Kier alpha value is -0.130. The topological polar surface area (TPSA) is 55.4 Å². The van der Waals surface area contributed by atoms with Gasteiger partial charge < -0.3 is 10.1 Å². The Morgan fingerprint density at radius 3 is 2.29 bits per heavy atom. The molecule has 0 aromatic rings. The average molecular weight is 320 g/mol. The molecular weight excluding hydrogens is 286 g/mol. The number of nitrogens with one attached hydrogen (secondary N) is 1. The number of ether oxygens (including phenoxy) is 1. The van der Waals surface area contributed by atoms with Crippen LogP contribution in [0.4, 0.5) is 0 Å². The van der Waals surface area contributed by atoms with Crippen LogP contribution in [0, 0.1) is 5.92 Å². The van der Waals surface area contributed by atoms with Gasteiger partial charge in [-0.3, -0.25) is 0 Å². The summed E-state index contributed by atoms with van der Waals surface area (Å²) in [5.41, 5.74) is -0.187. The van der Waals surface area contributed by atoms with E-state index in [9.17, 15) is 8.42 Å². The molecule has 0 bridgehead atoms. The first-order chi connectivity index (χ1) is 9.84. The molecule has 0 aromatic carbocycles. The van der Waals surface area contributed by atoms with Gasteiger partial charge in [0, 0.05) is 18.9 Å². The summed E-state index contributed by atoms with van der Waals surface area (Å²) in [6.07, 6.45) is 6.93. The Bertz CT molecular complexity index is 404. The Balaban J connectivity index is 2.97. The molecule has 0 saturated heterocycles. The van der Waals surface area contributed by atoms with E-state index in [1.165, 1.54) is 6.26 Å². The van der Waals surface area contributed by atoms with Crippen molar-refractivity contribution in [3.8, 4) is 0 Å². The summed E-state index contributed by atoms with van der Waals surface area (Å²) >= 11 is 0. The highest BCUT2D eigenvalue weighted by molar-refractivity contribution is 7.91. The van der Waals surface area contributed by atoms with Crippen LogP contribution in [0.2, 0.25) is 0 Å². The number of hydrogen-bond acceptors (Lipinski definition) is 4. The molecular formula is C16H33NO3S. The fourth-order valence-electron chi connectivity index (χ4n) is 4.07. The summed E-state index contributed by atoms with van der Waals surface area (Å²) < 4.78 is 30.0. The zero-order valence-corrected chi connectivity index (χ0v) is 15.1. The molecule has 1 aliphatic carbocycles. The van der Waals surface area contributed by atoms with Gasteiger partial charge in [0.2, 0.25) is 0 Å². The van der Waals surface area contributed by atoms with Crippen LogP contribution in [-0.2, 0) is 14.6 Å². The standard InChI is InChI=1S/C16H33NO3S/c1-6-16(7-2,20-8-3)15(17-4)13-10-9-11-14(12-13)21(5,18)19/h13-15,17H,6-12H2,1-5H3. The molecule has 0 aliphatic heterocycles. The molecule has 126 valence electrons. The van der Waals surface area contributed by atoms with E-state index in [1.54, 1.807) is 0 Å². The lowest BCUT2D eigenvalue weighted by Gasteiger charge is -2.45. The molecule has 4 nitrogen and oxygen atoms in total. The first-order valence-electron chi connectivity index (χ1n) is 8.34. The Labute approximate surface area is 130 Å². The van der Waals surface area contributed by atoms with Crippen molar-refractivity contribution in [2.75, 3.05) is 19.9 Å². The minimum atomic E-state index is -2.94. The zero-order valence-electron chi connectivity index (χ0n) is 14.3. The second-order valence-corrected chi connectivity index (χ2v) is 8.68. The third-order valence-corrected chi connectivity index (χ3v) is 6.89. The highest BCUT2D eigenvalue weighted by Gasteiger charge is 2.43. The maximum atomic E-state index is 11.9. The van der Waals surface area contributed by atoms with E-state index in [0.29, 0.717) is 12.5 Å². The molecule has 1 N–H and O–H groups in total. The van der Waals surface area contributed by atoms with Crippen molar-refractivity contribution in [3.63, 3.8) is 0 Å². The summed E-state index contributed by atoms with van der Waals surface area (Å²) in [7, 11) is -0.960. The van der Waals surface area contributed by atoms with Crippen LogP contribution in [-0.4, -0.2) is 45.2 Å². The molecule has 1 rings (SSSR count). The van der Waals surface area contributed by atoms with Crippen molar-refractivity contribution in [1.82, 2.24) is 5.32 Å². The van der Waals surface area contributed by atoms with Crippen LogP contribution in [0.25, 0.3) is 0 Å².